The molecule has 130 valence electrons. The maximum absolute atomic E-state index is 13.3. The van der Waals surface area contributed by atoms with Gasteiger partial charge in [0.1, 0.15) is 12.1 Å². The Morgan fingerprint density at radius 3 is 2.96 bits per heavy atom. The van der Waals surface area contributed by atoms with E-state index in [0.29, 0.717) is 17.1 Å². The van der Waals surface area contributed by atoms with Gasteiger partial charge in [-0.1, -0.05) is 12.1 Å². The maximum atomic E-state index is 13.3. The van der Waals surface area contributed by atoms with Crippen LogP contribution in [0.1, 0.15) is 15.2 Å². The zero-order valence-corrected chi connectivity index (χ0v) is 14.5. The third-order valence-corrected chi connectivity index (χ3v) is 4.71. The number of carbonyl (C=O) groups is 1. The number of hydrogen-bond acceptors (Lipinski definition) is 5. The second kappa shape index (κ2) is 7.54. The molecular weight excluding hydrogens is 341 g/mol. The van der Waals surface area contributed by atoms with Crippen LogP contribution in [0, 0.1) is 5.82 Å². The van der Waals surface area contributed by atoms with Gasteiger partial charge in [0.05, 0.1) is 4.88 Å². The second-order valence-corrected chi connectivity index (χ2v) is 6.56. The first-order chi connectivity index (χ1) is 12.1. The molecule has 0 aliphatic carbocycles. The molecular formula is C17H18FN5OS. The van der Waals surface area contributed by atoms with E-state index in [0.717, 1.165) is 11.1 Å². The fraction of sp³-hybridized carbons (Fsp3) is 0.235. The number of amides is 1. The summed E-state index contributed by atoms with van der Waals surface area (Å²) < 4.78 is 14.9. The molecule has 3 N–H and O–H groups in total. The third kappa shape index (κ3) is 4.09. The van der Waals surface area contributed by atoms with Crippen LogP contribution >= 0.6 is 11.3 Å². The van der Waals surface area contributed by atoms with Gasteiger partial charge in [0.25, 0.3) is 5.91 Å². The Kier molecular flexibility index (Phi) is 5.20. The van der Waals surface area contributed by atoms with Crippen molar-refractivity contribution in [1.29, 1.82) is 0 Å². The highest BCUT2D eigenvalue weighted by atomic mass is 32.1. The molecule has 8 heteroatoms. The Balaban J connectivity index is 1.68. The summed E-state index contributed by atoms with van der Waals surface area (Å²) in [6, 6.07) is 7.81. The van der Waals surface area contributed by atoms with Gasteiger partial charge in [0.15, 0.2) is 5.82 Å². The number of carbonyl (C=O) groups excluding carboxylic acids is 1. The molecule has 0 aliphatic rings. The van der Waals surface area contributed by atoms with E-state index >= 15 is 0 Å². The smallest absolute Gasteiger partial charge is 0.261 e. The van der Waals surface area contributed by atoms with Crippen molar-refractivity contribution < 1.29 is 9.18 Å². The molecule has 1 amide bonds. The summed E-state index contributed by atoms with van der Waals surface area (Å²) in [7, 11) is 1.79. The van der Waals surface area contributed by atoms with Crippen LogP contribution in [0.3, 0.4) is 0 Å². The minimum Gasteiger partial charge on any atom is -0.347 e. The number of hydrogen-bond donors (Lipinski definition) is 2. The summed E-state index contributed by atoms with van der Waals surface area (Å²) in [4.78, 5) is 17.2. The highest BCUT2D eigenvalue weighted by molar-refractivity contribution is 7.12. The molecule has 3 aromatic rings. The monoisotopic (exact) mass is 359 g/mol. The van der Waals surface area contributed by atoms with Crippen molar-refractivity contribution in [3.05, 3.63) is 58.3 Å². The van der Waals surface area contributed by atoms with E-state index < -0.39 is 0 Å². The zero-order valence-electron chi connectivity index (χ0n) is 13.6. The maximum Gasteiger partial charge on any atom is 0.261 e. The van der Waals surface area contributed by atoms with E-state index in [1.165, 1.54) is 29.8 Å². The zero-order chi connectivity index (χ0) is 17.8. The highest BCUT2D eigenvalue weighted by Crippen LogP contribution is 2.23. The lowest BCUT2D eigenvalue weighted by atomic mass is 10.1. The molecule has 0 fully saturated rings. The number of nitrogens with zero attached hydrogens (tertiary/aromatic N) is 3. The summed E-state index contributed by atoms with van der Waals surface area (Å²) in [5, 5.41) is 8.79. The molecule has 0 spiro atoms. The number of rotatable bonds is 6. The van der Waals surface area contributed by atoms with Crippen LogP contribution in [0.4, 0.5) is 4.39 Å². The van der Waals surface area contributed by atoms with Gasteiger partial charge in [-0.3, -0.25) is 4.79 Å². The van der Waals surface area contributed by atoms with Crippen LogP contribution < -0.4 is 11.1 Å². The van der Waals surface area contributed by atoms with Crippen molar-refractivity contribution in [2.24, 2.45) is 12.8 Å². The first-order valence-corrected chi connectivity index (χ1v) is 8.63. The Labute approximate surface area is 148 Å². The number of halogens is 1. The lowest BCUT2D eigenvalue weighted by Crippen LogP contribution is -2.41. The second-order valence-electron chi connectivity index (χ2n) is 5.65. The SMILES string of the molecule is Cn1ncnc1-c1csc(C(=O)N[C@H](CN)Cc2cccc(F)c2)c1. The van der Waals surface area contributed by atoms with E-state index in [-0.39, 0.29) is 24.3 Å². The molecule has 0 saturated heterocycles. The average Bonchev–Trinajstić information content (AvgIpc) is 3.22. The number of aromatic nitrogens is 3. The summed E-state index contributed by atoms with van der Waals surface area (Å²) in [6.45, 7) is 0.268. The predicted molar refractivity (Wildman–Crippen MR) is 94.7 cm³/mol. The fourth-order valence-corrected chi connectivity index (χ4v) is 3.32. The Bertz CT molecular complexity index is 875. The van der Waals surface area contributed by atoms with Gasteiger partial charge in [0.2, 0.25) is 0 Å². The van der Waals surface area contributed by atoms with Crippen LogP contribution in [0.2, 0.25) is 0 Å². The van der Waals surface area contributed by atoms with E-state index in [9.17, 15) is 9.18 Å². The third-order valence-electron chi connectivity index (χ3n) is 3.78. The number of thiophene rings is 1. The van der Waals surface area contributed by atoms with Gasteiger partial charge in [0, 0.05) is 30.6 Å². The molecule has 2 aromatic heterocycles. The lowest BCUT2D eigenvalue weighted by Gasteiger charge is -2.16. The molecule has 25 heavy (non-hydrogen) atoms. The fourth-order valence-electron chi connectivity index (χ4n) is 2.53. The Hall–Kier alpha value is -2.58. The van der Waals surface area contributed by atoms with Gasteiger partial charge >= 0.3 is 0 Å². The molecule has 0 saturated carbocycles. The molecule has 1 aromatic carbocycles. The lowest BCUT2D eigenvalue weighted by molar-refractivity contribution is 0.0942. The largest absolute Gasteiger partial charge is 0.347 e. The Morgan fingerprint density at radius 2 is 2.28 bits per heavy atom. The minimum atomic E-state index is -0.300. The van der Waals surface area contributed by atoms with E-state index in [1.54, 1.807) is 23.9 Å². The quantitative estimate of drug-likeness (QED) is 0.705. The number of benzene rings is 1. The van der Waals surface area contributed by atoms with E-state index in [1.807, 2.05) is 11.4 Å². The van der Waals surface area contributed by atoms with Crippen LogP contribution in [-0.2, 0) is 13.5 Å². The minimum absolute atomic E-state index is 0.203. The topological polar surface area (TPSA) is 85.8 Å². The van der Waals surface area contributed by atoms with E-state index in [2.05, 4.69) is 15.4 Å². The first kappa shape index (κ1) is 17.2. The molecule has 0 bridgehead atoms. The molecule has 0 radical (unpaired) electrons. The van der Waals surface area contributed by atoms with Gasteiger partial charge < -0.3 is 11.1 Å². The van der Waals surface area contributed by atoms with Crippen molar-refractivity contribution in [1.82, 2.24) is 20.1 Å². The van der Waals surface area contributed by atoms with Gasteiger partial charge in [-0.05, 0) is 30.2 Å². The van der Waals surface area contributed by atoms with Gasteiger partial charge in [-0.2, -0.15) is 5.10 Å². The summed E-state index contributed by atoms with van der Waals surface area (Å²) >= 11 is 1.33. The van der Waals surface area contributed by atoms with Crippen molar-refractivity contribution >= 4 is 17.2 Å². The van der Waals surface area contributed by atoms with Crippen molar-refractivity contribution in [2.45, 2.75) is 12.5 Å². The average molecular weight is 359 g/mol. The van der Waals surface area contributed by atoms with Crippen LogP contribution in [0.25, 0.3) is 11.4 Å². The first-order valence-electron chi connectivity index (χ1n) is 7.75. The molecule has 0 aliphatic heterocycles. The standard InChI is InChI=1S/C17H18FN5OS/c1-23-16(20-10-21-23)12-7-15(25-9-12)17(24)22-14(8-19)6-11-3-2-4-13(18)5-11/h2-5,7,9-10,14H,6,8,19H2,1H3,(H,22,24)/t14-/m0/s1. The van der Waals surface area contributed by atoms with Gasteiger partial charge in [-0.25, -0.2) is 14.1 Å². The molecule has 2 heterocycles. The van der Waals surface area contributed by atoms with Crippen molar-refractivity contribution in [2.75, 3.05) is 6.54 Å². The molecule has 6 nitrogen and oxygen atoms in total. The van der Waals surface area contributed by atoms with Crippen molar-refractivity contribution in [3.63, 3.8) is 0 Å². The summed E-state index contributed by atoms with van der Waals surface area (Å²) in [5.74, 6) is 0.196. The van der Waals surface area contributed by atoms with Crippen LogP contribution in [0.15, 0.2) is 42.0 Å². The normalized spacial score (nSPS) is 12.1. The number of nitrogens with one attached hydrogen (secondary N) is 1. The number of aryl methyl sites for hydroxylation is 1. The Morgan fingerprint density at radius 1 is 1.44 bits per heavy atom. The summed E-state index contributed by atoms with van der Waals surface area (Å²) in [6.07, 6.45) is 1.94. The molecule has 0 unspecified atom stereocenters. The van der Waals surface area contributed by atoms with Gasteiger partial charge in [-0.15, -0.1) is 11.3 Å². The molecule has 3 rings (SSSR count). The van der Waals surface area contributed by atoms with Crippen LogP contribution in [-0.4, -0.2) is 33.3 Å². The summed E-state index contributed by atoms with van der Waals surface area (Å²) in [5.41, 5.74) is 7.39. The number of nitrogens with two attached hydrogens (primary N) is 1. The molecule has 1 atom stereocenters. The van der Waals surface area contributed by atoms with E-state index in [4.69, 9.17) is 5.73 Å². The highest BCUT2D eigenvalue weighted by Gasteiger charge is 2.16. The van der Waals surface area contributed by atoms with Crippen LogP contribution in [0.5, 0.6) is 0 Å². The predicted octanol–water partition coefficient (Wildman–Crippen LogP) is 1.98. The van der Waals surface area contributed by atoms with Crippen molar-refractivity contribution in [3.8, 4) is 11.4 Å².